The van der Waals surface area contributed by atoms with E-state index in [1.165, 1.54) is 0 Å². The van der Waals surface area contributed by atoms with E-state index < -0.39 is 0 Å². The van der Waals surface area contributed by atoms with Gasteiger partial charge in [0.05, 0.1) is 0 Å². The number of aromatic amines is 1. The Hall–Kier alpha value is -2.47. The Labute approximate surface area is 139 Å². The van der Waals surface area contributed by atoms with Crippen molar-refractivity contribution in [3.8, 4) is 11.6 Å². The summed E-state index contributed by atoms with van der Waals surface area (Å²) in [6.07, 6.45) is -0.236. The molecule has 0 saturated carbocycles. The normalized spacial score (nSPS) is 12.9. The highest BCUT2D eigenvalue weighted by molar-refractivity contribution is 5.88. The molecule has 0 aliphatic carbocycles. The molecule has 1 aromatic carbocycles. The van der Waals surface area contributed by atoms with E-state index in [9.17, 15) is 4.79 Å². The van der Waals surface area contributed by atoms with Gasteiger partial charge in [0.25, 0.3) is 11.4 Å². The fourth-order valence-corrected chi connectivity index (χ4v) is 2.83. The van der Waals surface area contributed by atoms with Crippen molar-refractivity contribution >= 4 is 10.8 Å². The standard InChI is InChI=1S/C18H21N3O3/c1-5-23-15(10(2)3)16-20-18(24-21-16)14-11(4)12-8-6-7-9-13(12)17(22)19-14/h6-10,15H,5H2,1-4H3,(H,19,22). The van der Waals surface area contributed by atoms with Crippen molar-refractivity contribution in [2.45, 2.75) is 33.8 Å². The molecule has 0 aliphatic rings. The molecule has 6 nitrogen and oxygen atoms in total. The molecule has 0 fully saturated rings. The van der Waals surface area contributed by atoms with Crippen LogP contribution in [-0.4, -0.2) is 21.7 Å². The van der Waals surface area contributed by atoms with E-state index in [4.69, 9.17) is 9.26 Å². The Morgan fingerprint density at radius 2 is 1.96 bits per heavy atom. The lowest BCUT2D eigenvalue weighted by molar-refractivity contribution is 0.0217. The first-order valence-electron chi connectivity index (χ1n) is 8.10. The van der Waals surface area contributed by atoms with Gasteiger partial charge in [-0.15, -0.1) is 0 Å². The van der Waals surface area contributed by atoms with E-state index in [0.717, 1.165) is 10.9 Å². The van der Waals surface area contributed by atoms with Gasteiger partial charge in [0.15, 0.2) is 0 Å². The third-order valence-corrected chi connectivity index (χ3v) is 4.05. The van der Waals surface area contributed by atoms with E-state index in [0.29, 0.717) is 29.4 Å². The molecule has 0 bridgehead atoms. The zero-order valence-electron chi connectivity index (χ0n) is 14.3. The highest BCUT2D eigenvalue weighted by Gasteiger charge is 2.24. The van der Waals surface area contributed by atoms with Crippen LogP contribution in [0.15, 0.2) is 33.6 Å². The molecule has 1 atom stereocenters. The zero-order chi connectivity index (χ0) is 17.3. The fourth-order valence-electron chi connectivity index (χ4n) is 2.83. The van der Waals surface area contributed by atoms with Crippen molar-refractivity contribution in [2.75, 3.05) is 6.61 Å². The minimum Gasteiger partial charge on any atom is -0.370 e. The van der Waals surface area contributed by atoms with Gasteiger partial charge in [0, 0.05) is 12.0 Å². The molecule has 3 rings (SSSR count). The van der Waals surface area contributed by atoms with Gasteiger partial charge in [-0.3, -0.25) is 4.79 Å². The molecule has 3 aromatic rings. The fraction of sp³-hybridized carbons (Fsp3) is 0.389. The number of hydrogen-bond donors (Lipinski definition) is 1. The van der Waals surface area contributed by atoms with Crippen LogP contribution >= 0.6 is 0 Å². The minimum absolute atomic E-state index is 0.170. The SMILES string of the molecule is CCOC(c1noc(-c2[nH]c(=O)c3ccccc3c2C)n1)C(C)C. The Bertz CT molecular complexity index is 911. The van der Waals surface area contributed by atoms with Crippen molar-refractivity contribution in [1.82, 2.24) is 15.1 Å². The quantitative estimate of drug-likeness (QED) is 0.774. The second-order valence-electron chi connectivity index (χ2n) is 6.08. The van der Waals surface area contributed by atoms with Gasteiger partial charge in [-0.1, -0.05) is 37.2 Å². The van der Waals surface area contributed by atoms with E-state index in [1.807, 2.05) is 45.9 Å². The maximum absolute atomic E-state index is 12.3. The van der Waals surface area contributed by atoms with E-state index in [-0.39, 0.29) is 17.6 Å². The lowest BCUT2D eigenvalue weighted by atomic mass is 10.1. The molecule has 0 saturated heterocycles. The molecule has 2 heterocycles. The van der Waals surface area contributed by atoms with Crippen LogP contribution in [0.5, 0.6) is 0 Å². The third kappa shape index (κ3) is 2.85. The number of rotatable bonds is 5. The van der Waals surface area contributed by atoms with Gasteiger partial charge in [0.1, 0.15) is 11.8 Å². The van der Waals surface area contributed by atoms with Gasteiger partial charge in [-0.05, 0) is 36.8 Å². The number of aryl methyl sites for hydroxylation is 1. The second-order valence-corrected chi connectivity index (χ2v) is 6.08. The monoisotopic (exact) mass is 327 g/mol. The molecule has 0 aliphatic heterocycles. The first-order chi connectivity index (χ1) is 11.5. The van der Waals surface area contributed by atoms with Crippen LogP contribution in [0.2, 0.25) is 0 Å². The number of ether oxygens (including phenoxy) is 1. The number of pyridine rings is 1. The summed E-state index contributed by atoms with van der Waals surface area (Å²) < 4.78 is 11.1. The molecule has 1 N–H and O–H groups in total. The highest BCUT2D eigenvalue weighted by atomic mass is 16.5. The van der Waals surface area contributed by atoms with Crippen LogP contribution in [0.3, 0.4) is 0 Å². The molecule has 6 heteroatoms. The van der Waals surface area contributed by atoms with Gasteiger partial charge < -0.3 is 14.2 Å². The molecule has 0 radical (unpaired) electrons. The van der Waals surface area contributed by atoms with Gasteiger partial charge in [-0.25, -0.2) is 0 Å². The predicted molar refractivity (Wildman–Crippen MR) is 91.8 cm³/mol. The smallest absolute Gasteiger partial charge is 0.274 e. The number of nitrogens with one attached hydrogen (secondary N) is 1. The van der Waals surface area contributed by atoms with Gasteiger partial charge in [-0.2, -0.15) is 4.98 Å². The lowest BCUT2D eigenvalue weighted by Gasteiger charge is -2.16. The van der Waals surface area contributed by atoms with Crippen molar-refractivity contribution in [2.24, 2.45) is 5.92 Å². The first kappa shape index (κ1) is 16.4. The molecule has 0 amide bonds. The van der Waals surface area contributed by atoms with Crippen molar-refractivity contribution < 1.29 is 9.26 Å². The average molecular weight is 327 g/mol. The number of hydrogen-bond acceptors (Lipinski definition) is 5. The summed E-state index contributed by atoms with van der Waals surface area (Å²) in [5.41, 5.74) is 1.28. The average Bonchev–Trinajstić information content (AvgIpc) is 3.05. The molecule has 2 aromatic heterocycles. The summed E-state index contributed by atoms with van der Waals surface area (Å²) in [7, 11) is 0. The molecular weight excluding hydrogens is 306 g/mol. The van der Waals surface area contributed by atoms with Crippen LogP contribution in [0, 0.1) is 12.8 Å². The number of fused-ring (bicyclic) bond motifs is 1. The lowest BCUT2D eigenvalue weighted by Crippen LogP contribution is -2.13. The van der Waals surface area contributed by atoms with Gasteiger partial charge >= 0.3 is 0 Å². The molecule has 24 heavy (non-hydrogen) atoms. The first-order valence-corrected chi connectivity index (χ1v) is 8.10. The van der Waals surface area contributed by atoms with E-state index >= 15 is 0 Å². The summed E-state index contributed by atoms with van der Waals surface area (Å²) in [6, 6.07) is 7.46. The zero-order valence-corrected chi connectivity index (χ0v) is 14.3. The summed E-state index contributed by atoms with van der Waals surface area (Å²) >= 11 is 0. The summed E-state index contributed by atoms with van der Waals surface area (Å²) in [5, 5.41) is 5.57. The molecule has 126 valence electrons. The largest absolute Gasteiger partial charge is 0.370 e. The summed E-state index contributed by atoms with van der Waals surface area (Å²) in [5.74, 6) is 1.01. The van der Waals surface area contributed by atoms with E-state index in [2.05, 4.69) is 15.1 Å². The number of benzene rings is 1. The topological polar surface area (TPSA) is 81.0 Å². The number of nitrogens with zero attached hydrogens (tertiary/aromatic N) is 2. The molecular formula is C18H21N3O3. The van der Waals surface area contributed by atoms with Crippen molar-refractivity contribution in [1.29, 1.82) is 0 Å². The summed E-state index contributed by atoms with van der Waals surface area (Å²) in [4.78, 5) is 19.6. The Balaban J connectivity index is 2.09. The number of H-pyrrole nitrogens is 1. The van der Waals surface area contributed by atoms with Crippen molar-refractivity contribution in [3.63, 3.8) is 0 Å². The Morgan fingerprint density at radius 1 is 1.25 bits per heavy atom. The van der Waals surface area contributed by atoms with Crippen LogP contribution in [0.4, 0.5) is 0 Å². The van der Waals surface area contributed by atoms with Crippen LogP contribution in [0.1, 0.15) is 38.3 Å². The van der Waals surface area contributed by atoms with Crippen LogP contribution in [-0.2, 0) is 4.74 Å². The number of aromatic nitrogens is 3. The van der Waals surface area contributed by atoms with E-state index in [1.54, 1.807) is 6.07 Å². The predicted octanol–water partition coefficient (Wildman–Crippen LogP) is 3.62. The molecule has 1 unspecified atom stereocenters. The minimum atomic E-state index is -0.236. The Kier molecular flexibility index (Phi) is 4.49. The summed E-state index contributed by atoms with van der Waals surface area (Å²) in [6.45, 7) is 8.51. The highest BCUT2D eigenvalue weighted by Crippen LogP contribution is 2.28. The molecule has 0 spiro atoms. The van der Waals surface area contributed by atoms with Crippen LogP contribution < -0.4 is 5.56 Å². The third-order valence-electron chi connectivity index (χ3n) is 4.05. The van der Waals surface area contributed by atoms with Gasteiger partial charge in [0.2, 0.25) is 5.82 Å². The van der Waals surface area contributed by atoms with Crippen LogP contribution in [0.25, 0.3) is 22.4 Å². The Morgan fingerprint density at radius 3 is 2.62 bits per heavy atom. The second kappa shape index (κ2) is 6.57. The maximum Gasteiger partial charge on any atom is 0.274 e. The van der Waals surface area contributed by atoms with Crippen molar-refractivity contribution in [3.05, 3.63) is 46.0 Å². The maximum atomic E-state index is 12.3.